The van der Waals surface area contributed by atoms with Gasteiger partial charge in [-0.3, -0.25) is 0 Å². The summed E-state index contributed by atoms with van der Waals surface area (Å²) in [7, 11) is 0. The molecule has 5 heteroatoms. The summed E-state index contributed by atoms with van der Waals surface area (Å²) in [6.45, 7) is -1.03. The second kappa shape index (κ2) is 3.98. The number of alkyl halides is 1. The highest BCUT2D eigenvalue weighted by atomic mass is 35.5. The van der Waals surface area contributed by atoms with Crippen molar-refractivity contribution in [3.8, 4) is 0 Å². The van der Waals surface area contributed by atoms with Gasteiger partial charge in [-0.15, -0.1) is 0 Å². The highest BCUT2D eigenvalue weighted by Crippen LogP contribution is 2.25. The van der Waals surface area contributed by atoms with Crippen LogP contribution in [-0.2, 0) is 0 Å². The number of hydrogen-bond donors (Lipinski definition) is 1. The van der Waals surface area contributed by atoms with E-state index < -0.39 is 29.9 Å². The lowest BCUT2D eigenvalue weighted by Crippen LogP contribution is -2.16. The van der Waals surface area contributed by atoms with Crippen molar-refractivity contribution < 1.29 is 13.2 Å². The third kappa shape index (κ3) is 1.95. The van der Waals surface area contributed by atoms with Crippen LogP contribution in [0.2, 0.25) is 5.02 Å². The van der Waals surface area contributed by atoms with Crippen molar-refractivity contribution in [2.45, 2.75) is 6.04 Å². The number of rotatable bonds is 2. The standard InChI is InChI=1S/C8H7ClF3N/c9-4-1-2-5(11)7(8(4)12)6(13)3-10/h1-2,6H,3,13H2. The Kier molecular flexibility index (Phi) is 3.17. The van der Waals surface area contributed by atoms with E-state index in [1.165, 1.54) is 0 Å². The van der Waals surface area contributed by atoms with Gasteiger partial charge in [-0.2, -0.15) is 0 Å². The van der Waals surface area contributed by atoms with E-state index in [4.69, 9.17) is 17.3 Å². The second-order valence-corrected chi connectivity index (χ2v) is 2.92. The van der Waals surface area contributed by atoms with Gasteiger partial charge in [0.05, 0.1) is 11.1 Å². The van der Waals surface area contributed by atoms with Crippen molar-refractivity contribution in [3.63, 3.8) is 0 Å². The normalized spacial score (nSPS) is 13.0. The minimum Gasteiger partial charge on any atom is -0.322 e. The molecule has 0 fully saturated rings. The first-order chi connectivity index (χ1) is 6.07. The Balaban J connectivity index is 3.25. The summed E-state index contributed by atoms with van der Waals surface area (Å²) in [6.07, 6.45) is 0. The summed E-state index contributed by atoms with van der Waals surface area (Å²) in [4.78, 5) is 0. The van der Waals surface area contributed by atoms with Crippen LogP contribution in [0, 0.1) is 11.6 Å². The minimum atomic E-state index is -1.31. The van der Waals surface area contributed by atoms with Gasteiger partial charge in [0.25, 0.3) is 0 Å². The van der Waals surface area contributed by atoms with E-state index in [0.29, 0.717) is 0 Å². The van der Waals surface area contributed by atoms with Gasteiger partial charge >= 0.3 is 0 Å². The highest BCUT2D eigenvalue weighted by molar-refractivity contribution is 6.30. The molecule has 0 bridgehead atoms. The van der Waals surface area contributed by atoms with Crippen LogP contribution >= 0.6 is 11.6 Å². The smallest absolute Gasteiger partial charge is 0.149 e. The van der Waals surface area contributed by atoms with Crippen LogP contribution in [0.4, 0.5) is 13.2 Å². The van der Waals surface area contributed by atoms with Gasteiger partial charge in [0.1, 0.15) is 18.3 Å². The summed E-state index contributed by atoms with van der Waals surface area (Å²) in [5.41, 5.74) is 4.65. The molecule has 0 spiro atoms. The van der Waals surface area contributed by atoms with Crippen LogP contribution in [0.25, 0.3) is 0 Å². The van der Waals surface area contributed by atoms with Crippen molar-refractivity contribution in [1.82, 2.24) is 0 Å². The topological polar surface area (TPSA) is 26.0 Å². The molecule has 1 rings (SSSR count). The molecule has 0 saturated carbocycles. The summed E-state index contributed by atoms with van der Waals surface area (Å²) in [6, 6.07) is 0.704. The van der Waals surface area contributed by atoms with Crippen molar-refractivity contribution in [1.29, 1.82) is 0 Å². The Morgan fingerprint density at radius 3 is 2.54 bits per heavy atom. The first kappa shape index (κ1) is 10.3. The molecule has 0 aliphatic heterocycles. The Labute approximate surface area is 78.3 Å². The number of benzene rings is 1. The van der Waals surface area contributed by atoms with Crippen LogP contribution < -0.4 is 5.73 Å². The molecule has 1 atom stereocenters. The first-order valence-electron chi connectivity index (χ1n) is 3.53. The molecule has 72 valence electrons. The van der Waals surface area contributed by atoms with Crippen molar-refractivity contribution in [3.05, 3.63) is 34.4 Å². The molecule has 0 aliphatic rings. The highest BCUT2D eigenvalue weighted by Gasteiger charge is 2.18. The molecule has 0 amide bonds. The van der Waals surface area contributed by atoms with Crippen LogP contribution in [0.1, 0.15) is 11.6 Å². The predicted octanol–water partition coefficient (Wildman–Crippen LogP) is 2.59. The molecule has 1 aromatic carbocycles. The molecular formula is C8H7ClF3N. The fourth-order valence-electron chi connectivity index (χ4n) is 0.960. The van der Waals surface area contributed by atoms with Crippen molar-refractivity contribution >= 4 is 11.6 Å². The second-order valence-electron chi connectivity index (χ2n) is 2.52. The molecule has 0 radical (unpaired) electrons. The fraction of sp³-hybridized carbons (Fsp3) is 0.250. The Bertz CT molecular complexity index is 317. The van der Waals surface area contributed by atoms with Gasteiger partial charge in [-0.05, 0) is 12.1 Å². The third-order valence-corrected chi connectivity index (χ3v) is 1.91. The van der Waals surface area contributed by atoms with Gasteiger partial charge in [0, 0.05) is 5.56 Å². The summed E-state index contributed by atoms with van der Waals surface area (Å²) >= 11 is 5.37. The van der Waals surface area contributed by atoms with E-state index in [9.17, 15) is 13.2 Å². The average molecular weight is 210 g/mol. The van der Waals surface area contributed by atoms with Gasteiger partial charge in [0.2, 0.25) is 0 Å². The van der Waals surface area contributed by atoms with E-state index in [2.05, 4.69) is 0 Å². The maximum Gasteiger partial charge on any atom is 0.149 e. The largest absolute Gasteiger partial charge is 0.322 e. The Hall–Kier alpha value is -0.740. The lowest BCUT2D eigenvalue weighted by molar-refractivity contribution is 0.413. The molecule has 2 N–H and O–H groups in total. The van der Waals surface area contributed by atoms with E-state index >= 15 is 0 Å². The zero-order valence-electron chi connectivity index (χ0n) is 6.53. The minimum absolute atomic E-state index is 0.264. The van der Waals surface area contributed by atoms with Crippen LogP contribution in [0.3, 0.4) is 0 Å². The van der Waals surface area contributed by atoms with Gasteiger partial charge < -0.3 is 5.73 Å². The zero-order chi connectivity index (χ0) is 10.0. The maximum absolute atomic E-state index is 13.1. The molecule has 1 aromatic rings. The van der Waals surface area contributed by atoms with Gasteiger partial charge in [0.15, 0.2) is 0 Å². The Morgan fingerprint density at radius 2 is 2.00 bits per heavy atom. The molecule has 0 heterocycles. The predicted molar refractivity (Wildman–Crippen MR) is 44.3 cm³/mol. The molecule has 1 unspecified atom stereocenters. The lowest BCUT2D eigenvalue weighted by Gasteiger charge is -2.10. The Morgan fingerprint density at radius 1 is 1.38 bits per heavy atom. The third-order valence-electron chi connectivity index (χ3n) is 1.62. The van der Waals surface area contributed by atoms with E-state index in [1.54, 1.807) is 0 Å². The van der Waals surface area contributed by atoms with Crippen LogP contribution in [-0.4, -0.2) is 6.67 Å². The number of halogens is 4. The quantitative estimate of drug-likeness (QED) is 0.745. The summed E-state index contributed by atoms with van der Waals surface area (Å²) < 4.78 is 38.1. The number of nitrogens with two attached hydrogens (primary N) is 1. The molecule has 0 aliphatic carbocycles. The molecule has 1 nitrogen and oxygen atoms in total. The summed E-state index contributed by atoms with van der Waals surface area (Å²) in [5.74, 6) is -1.88. The van der Waals surface area contributed by atoms with E-state index in [-0.39, 0.29) is 5.02 Å². The summed E-state index contributed by atoms with van der Waals surface area (Å²) in [5, 5.41) is -0.264. The first-order valence-corrected chi connectivity index (χ1v) is 3.90. The monoisotopic (exact) mass is 209 g/mol. The molecule has 13 heavy (non-hydrogen) atoms. The van der Waals surface area contributed by atoms with Crippen molar-refractivity contribution in [2.24, 2.45) is 5.73 Å². The van der Waals surface area contributed by atoms with Crippen LogP contribution in [0.15, 0.2) is 12.1 Å². The molecular weight excluding hydrogens is 203 g/mol. The maximum atomic E-state index is 13.1. The van der Waals surface area contributed by atoms with E-state index in [1.807, 2.05) is 0 Å². The van der Waals surface area contributed by atoms with Gasteiger partial charge in [-0.25, -0.2) is 13.2 Å². The SMILES string of the molecule is NC(CF)c1c(F)ccc(Cl)c1F. The van der Waals surface area contributed by atoms with Crippen LogP contribution in [0.5, 0.6) is 0 Å². The molecule has 0 aromatic heterocycles. The lowest BCUT2D eigenvalue weighted by atomic mass is 10.1. The molecule has 0 saturated heterocycles. The van der Waals surface area contributed by atoms with Gasteiger partial charge in [-0.1, -0.05) is 11.6 Å². The number of hydrogen-bond acceptors (Lipinski definition) is 1. The van der Waals surface area contributed by atoms with Crippen molar-refractivity contribution in [2.75, 3.05) is 6.67 Å². The zero-order valence-corrected chi connectivity index (χ0v) is 7.28. The average Bonchev–Trinajstić information content (AvgIpc) is 2.12. The van der Waals surface area contributed by atoms with E-state index in [0.717, 1.165) is 12.1 Å². The fourth-order valence-corrected chi connectivity index (χ4v) is 1.12.